The number of nitrogens with one attached hydrogen (secondary N) is 3. The monoisotopic (exact) mass is 513 g/mol. The number of carboxylic acids is 1. The predicted molar refractivity (Wildman–Crippen MR) is 144 cm³/mol. The fourth-order valence-electron chi connectivity index (χ4n) is 3.70. The Morgan fingerprint density at radius 1 is 1.13 bits per heavy atom. The fraction of sp³-hybridized carbons (Fsp3) is 0.179. The van der Waals surface area contributed by atoms with Crippen LogP contribution in [0.25, 0.3) is 17.0 Å². The van der Waals surface area contributed by atoms with Crippen LogP contribution in [0.1, 0.15) is 22.5 Å². The summed E-state index contributed by atoms with van der Waals surface area (Å²) in [4.78, 5) is 47.9. The summed E-state index contributed by atoms with van der Waals surface area (Å²) < 4.78 is 5.10. The second-order valence-corrected chi connectivity index (χ2v) is 8.59. The van der Waals surface area contributed by atoms with E-state index in [1.807, 2.05) is 43.3 Å². The molecule has 0 saturated carbocycles. The first-order chi connectivity index (χ1) is 18.4. The lowest BCUT2D eigenvalue weighted by atomic mass is 10.1. The summed E-state index contributed by atoms with van der Waals surface area (Å²) in [5, 5.41) is 15.5. The van der Waals surface area contributed by atoms with Crippen LogP contribution in [0.5, 0.6) is 0 Å². The summed E-state index contributed by atoms with van der Waals surface area (Å²) in [6, 6.07) is 16.8. The van der Waals surface area contributed by atoms with Crippen LogP contribution in [-0.2, 0) is 22.6 Å². The number of H-pyrrole nitrogens is 1. The van der Waals surface area contributed by atoms with Crippen molar-refractivity contribution in [2.45, 2.75) is 26.0 Å². The predicted octanol–water partition coefficient (Wildman–Crippen LogP) is 3.67. The van der Waals surface area contributed by atoms with Gasteiger partial charge in [-0.3, -0.25) is 4.79 Å². The fourth-order valence-corrected chi connectivity index (χ4v) is 3.70. The molecule has 4 N–H and O–H groups in total. The van der Waals surface area contributed by atoms with Gasteiger partial charge in [-0.2, -0.15) is 0 Å². The van der Waals surface area contributed by atoms with Crippen molar-refractivity contribution in [2.75, 3.05) is 11.9 Å². The highest BCUT2D eigenvalue weighted by molar-refractivity contribution is 5.81. The number of carbonyl (C=O) groups is 2. The van der Waals surface area contributed by atoms with Gasteiger partial charge in [-0.25, -0.2) is 19.6 Å². The first-order valence-corrected chi connectivity index (χ1v) is 11.9. The van der Waals surface area contributed by atoms with Crippen LogP contribution in [-0.4, -0.2) is 44.7 Å². The highest BCUT2D eigenvalue weighted by atomic mass is 16.5. The normalized spacial score (nSPS) is 11.8. The number of aromatic amines is 1. The van der Waals surface area contributed by atoms with Gasteiger partial charge in [0.15, 0.2) is 0 Å². The number of hydrogen-bond acceptors (Lipinski definition) is 7. The summed E-state index contributed by atoms with van der Waals surface area (Å²) in [7, 11) is 0. The number of aromatic nitrogens is 3. The number of pyridine rings is 1. The van der Waals surface area contributed by atoms with E-state index in [-0.39, 0.29) is 18.9 Å². The van der Waals surface area contributed by atoms with E-state index in [0.717, 1.165) is 22.5 Å². The Morgan fingerprint density at radius 2 is 1.95 bits per heavy atom. The Labute approximate surface area is 218 Å². The van der Waals surface area contributed by atoms with Crippen molar-refractivity contribution >= 4 is 34.9 Å². The van der Waals surface area contributed by atoms with Gasteiger partial charge in [-0.1, -0.05) is 48.6 Å². The molecule has 2 aromatic carbocycles. The van der Waals surface area contributed by atoms with Gasteiger partial charge >= 0.3 is 12.1 Å². The number of rotatable bonds is 10. The molecule has 1 atom stereocenters. The first-order valence-electron chi connectivity index (χ1n) is 11.9. The Morgan fingerprint density at radius 3 is 2.71 bits per heavy atom. The maximum atomic E-state index is 12.7. The zero-order chi connectivity index (χ0) is 26.9. The number of fused-ring (bicyclic) bond motifs is 1. The minimum Gasteiger partial charge on any atom is -0.480 e. The van der Waals surface area contributed by atoms with Crippen LogP contribution in [0.3, 0.4) is 0 Å². The van der Waals surface area contributed by atoms with Crippen molar-refractivity contribution in [3.05, 3.63) is 106 Å². The molecule has 10 heteroatoms. The third-order valence-electron chi connectivity index (χ3n) is 5.61. The first kappa shape index (κ1) is 26.1. The third kappa shape index (κ3) is 7.26. The topological polar surface area (TPSA) is 146 Å². The van der Waals surface area contributed by atoms with E-state index in [9.17, 15) is 19.5 Å². The lowest BCUT2D eigenvalue weighted by Crippen LogP contribution is -2.43. The van der Waals surface area contributed by atoms with Crippen LogP contribution >= 0.6 is 0 Å². The van der Waals surface area contributed by atoms with Crippen LogP contribution in [0.4, 0.5) is 10.6 Å². The molecule has 10 nitrogen and oxygen atoms in total. The summed E-state index contributed by atoms with van der Waals surface area (Å²) in [5.74, 6) is -0.365. The number of ether oxygens (including phenoxy) is 1. The zero-order valence-electron chi connectivity index (χ0n) is 20.7. The molecule has 4 rings (SSSR count). The second-order valence-electron chi connectivity index (χ2n) is 8.59. The molecule has 0 saturated heterocycles. The summed E-state index contributed by atoms with van der Waals surface area (Å²) in [6.45, 7) is 2.55. The number of carbonyl (C=O) groups excluding carboxylic acids is 1. The van der Waals surface area contributed by atoms with Gasteiger partial charge in [0.1, 0.15) is 24.3 Å². The summed E-state index contributed by atoms with van der Waals surface area (Å²) in [5.41, 5.74) is 2.70. The molecule has 4 aromatic rings. The van der Waals surface area contributed by atoms with Crippen molar-refractivity contribution in [2.24, 2.45) is 0 Å². The maximum Gasteiger partial charge on any atom is 0.408 e. The van der Waals surface area contributed by atoms with E-state index in [2.05, 4.69) is 25.6 Å². The van der Waals surface area contributed by atoms with Crippen LogP contribution in [0, 0.1) is 6.92 Å². The van der Waals surface area contributed by atoms with Crippen LogP contribution < -0.4 is 16.2 Å². The van der Waals surface area contributed by atoms with E-state index in [4.69, 9.17) is 4.74 Å². The average molecular weight is 514 g/mol. The molecule has 0 radical (unpaired) electrons. The number of hydrogen-bond donors (Lipinski definition) is 4. The minimum absolute atomic E-state index is 0.000271. The lowest BCUT2D eigenvalue weighted by molar-refractivity contribution is -0.139. The Kier molecular flexibility index (Phi) is 8.45. The van der Waals surface area contributed by atoms with Crippen LogP contribution in [0.2, 0.25) is 0 Å². The zero-order valence-corrected chi connectivity index (χ0v) is 20.7. The second kappa shape index (κ2) is 12.3. The Bertz CT molecular complexity index is 1520. The van der Waals surface area contributed by atoms with Crippen molar-refractivity contribution < 1.29 is 19.4 Å². The van der Waals surface area contributed by atoms with Gasteiger partial charge in [0.2, 0.25) is 0 Å². The summed E-state index contributed by atoms with van der Waals surface area (Å²) in [6.07, 6.45) is 4.43. The molecule has 0 bridgehead atoms. The average Bonchev–Trinajstić information content (AvgIpc) is 2.90. The highest BCUT2D eigenvalue weighted by Crippen LogP contribution is 2.13. The van der Waals surface area contributed by atoms with E-state index < -0.39 is 23.7 Å². The van der Waals surface area contributed by atoms with Gasteiger partial charge in [0, 0.05) is 19.2 Å². The molecule has 38 heavy (non-hydrogen) atoms. The van der Waals surface area contributed by atoms with Gasteiger partial charge in [0.05, 0.1) is 10.9 Å². The minimum atomic E-state index is -1.34. The van der Waals surface area contributed by atoms with Gasteiger partial charge in [-0.15, -0.1) is 0 Å². The summed E-state index contributed by atoms with van der Waals surface area (Å²) >= 11 is 0. The molecule has 0 aliphatic carbocycles. The van der Waals surface area contributed by atoms with Crippen molar-refractivity contribution in [3.8, 4) is 0 Å². The number of aliphatic carboxylic acids is 1. The highest BCUT2D eigenvalue weighted by Gasteiger charge is 2.23. The number of anilines is 1. The van der Waals surface area contributed by atoms with Crippen molar-refractivity contribution in [1.29, 1.82) is 0 Å². The van der Waals surface area contributed by atoms with Gasteiger partial charge in [0.25, 0.3) is 5.56 Å². The number of carboxylic acid groups (broad SMARTS) is 1. The molecule has 0 spiro atoms. The largest absolute Gasteiger partial charge is 0.480 e. The van der Waals surface area contributed by atoms with E-state index in [1.54, 1.807) is 42.6 Å². The van der Waals surface area contributed by atoms with E-state index in [1.165, 1.54) is 0 Å². The van der Waals surface area contributed by atoms with Gasteiger partial charge in [-0.05, 0) is 47.9 Å². The quantitative estimate of drug-likeness (QED) is 0.251. The molecule has 0 unspecified atom stereocenters. The molecule has 0 fully saturated rings. The Hall–Kier alpha value is -4.99. The number of alkyl carbamates (subject to hydrolysis) is 1. The SMILES string of the molecule is Cc1ccnc(NC/C=C/c2ccc3nc(C[C@H](NC(=O)OCc4ccccc4)C(=O)O)[nH]c(=O)c3c2)c1. The van der Waals surface area contributed by atoms with Crippen LogP contribution in [0.15, 0.2) is 77.7 Å². The Balaban J connectivity index is 1.39. The number of aryl methyl sites for hydroxylation is 1. The van der Waals surface area contributed by atoms with E-state index in [0.29, 0.717) is 17.4 Å². The maximum absolute atomic E-state index is 12.7. The molecule has 1 amide bonds. The van der Waals surface area contributed by atoms with Crippen molar-refractivity contribution in [1.82, 2.24) is 20.3 Å². The lowest BCUT2D eigenvalue weighted by Gasteiger charge is -2.14. The molecule has 2 aromatic heterocycles. The van der Waals surface area contributed by atoms with Crippen molar-refractivity contribution in [3.63, 3.8) is 0 Å². The number of nitrogens with zero attached hydrogens (tertiary/aromatic N) is 2. The smallest absolute Gasteiger partial charge is 0.408 e. The number of amides is 1. The molecular formula is C28H27N5O5. The number of benzene rings is 2. The molecule has 0 aliphatic heterocycles. The standard InChI is InChI=1S/C28H27N5O5/c1-18-11-13-30-24(14-18)29-12-5-8-19-9-10-22-21(15-19)26(34)33-25(31-22)16-23(27(35)36)32-28(37)38-17-20-6-3-2-4-7-20/h2-11,13-15,23H,12,16-17H2,1H3,(H,29,30)(H,32,37)(H,35,36)(H,31,33,34)/b8-5+/t23-/m0/s1. The molecular weight excluding hydrogens is 486 g/mol. The van der Waals surface area contributed by atoms with E-state index >= 15 is 0 Å². The third-order valence-corrected chi connectivity index (χ3v) is 5.61. The van der Waals surface area contributed by atoms with Gasteiger partial charge < -0.3 is 25.5 Å². The molecule has 194 valence electrons. The molecule has 2 heterocycles. The molecule has 0 aliphatic rings.